The van der Waals surface area contributed by atoms with Crippen molar-refractivity contribution in [2.24, 2.45) is 4.99 Å². The maximum absolute atomic E-state index is 12.7. The van der Waals surface area contributed by atoms with Gasteiger partial charge in [0, 0.05) is 24.6 Å². The van der Waals surface area contributed by atoms with E-state index in [4.69, 9.17) is 24.2 Å². The van der Waals surface area contributed by atoms with Gasteiger partial charge in [-0.15, -0.1) is 0 Å². The van der Waals surface area contributed by atoms with Gasteiger partial charge in [-0.1, -0.05) is 6.07 Å². The molecule has 176 valence electrons. The van der Waals surface area contributed by atoms with Crippen molar-refractivity contribution in [3.8, 4) is 23.3 Å². The summed E-state index contributed by atoms with van der Waals surface area (Å²) in [6.07, 6.45) is 2.15. The number of carbonyl (C=O) groups is 2. The lowest BCUT2D eigenvalue weighted by atomic mass is 10.0. The van der Waals surface area contributed by atoms with Gasteiger partial charge in [0.15, 0.2) is 23.1 Å². The molecule has 1 aliphatic carbocycles. The molecule has 1 aliphatic rings. The zero-order valence-electron chi connectivity index (χ0n) is 19.0. The SMILES string of the molecule is COCCOc1cc2ncnc(N=C3CC(=O)C(Oc4cccc(C#N)c4)=CC3=O)c2cc1OC. The minimum absolute atomic E-state index is 0.0208. The van der Waals surface area contributed by atoms with Crippen LogP contribution in [0.5, 0.6) is 17.2 Å². The topological polar surface area (TPSA) is 133 Å². The zero-order chi connectivity index (χ0) is 24.8. The highest BCUT2D eigenvalue weighted by Crippen LogP contribution is 2.35. The molecule has 4 rings (SSSR count). The minimum Gasteiger partial charge on any atom is -0.493 e. The summed E-state index contributed by atoms with van der Waals surface area (Å²) in [5.74, 6) is 0.400. The van der Waals surface area contributed by atoms with Gasteiger partial charge in [-0.3, -0.25) is 9.59 Å². The van der Waals surface area contributed by atoms with Crippen molar-refractivity contribution < 1.29 is 28.5 Å². The van der Waals surface area contributed by atoms with Gasteiger partial charge in [-0.25, -0.2) is 15.0 Å². The minimum atomic E-state index is -0.478. The summed E-state index contributed by atoms with van der Waals surface area (Å²) in [6.45, 7) is 0.732. The lowest BCUT2D eigenvalue weighted by molar-refractivity contribution is -0.118. The van der Waals surface area contributed by atoms with Gasteiger partial charge in [0.2, 0.25) is 11.6 Å². The maximum Gasteiger partial charge on any atom is 0.204 e. The van der Waals surface area contributed by atoms with E-state index in [-0.39, 0.29) is 29.5 Å². The second-order valence-corrected chi connectivity index (χ2v) is 7.33. The van der Waals surface area contributed by atoms with Crippen LogP contribution in [-0.2, 0) is 14.3 Å². The highest BCUT2D eigenvalue weighted by Gasteiger charge is 2.27. The van der Waals surface area contributed by atoms with E-state index in [1.165, 1.54) is 19.5 Å². The molecule has 0 aliphatic heterocycles. The van der Waals surface area contributed by atoms with E-state index in [1.807, 2.05) is 6.07 Å². The van der Waals surface area contributed by atoms with E-state index >= 15 is 0 Å². The van der Waals surface area contributed by atoms with Crippen molar-refractivity contribution in [1.29, 1.82) is 5.26 Å². The van der Waals surface area contributed by atoms with E-state index in [2.05, 4.69) is 15.0 Å². The summed E-state index contributed by atoms with van der Waals surface area (Å²) in [5, 5.41) is 9.55. The van der Waals surface area contributed by atoms with Crippen molar-refractivity contribution in [1.82, 2.24) is 9.97 Å². The first kappa shape index (κ1) is 23.5. The largest absolute Gasteiger partial charge is 0.493 e. The quantitative estimate of drug-likeness (QED) is 0.453. The lowest BCUT2D eigenvalue weighted by Gasteiger charge is -2.15. The standard InChI is InChI=1S/C25H20N4O6/c1-32-6-7-34-24-11-18-17(9-23(24)33-2)25(28-14-27-18)29-19-10-21(31)22(12-20(19)30)35-16-5-3-4-15(8-16)13-26/h3-5,8-9,11-12,14H,6-7,10H2,1-2H3. The first-order valence-electron chi connectivity index (χ1n) is 10.5. The number of fused-ring (bicyclic) bond motifs is 1. The molecule has 35 heavy (non-hydrogen) atoms. The van der Waals surface area contributed by atoms with E-state index in [0.717, 1.165) is 6.08 Å². The molecule has 1 heterocycles. The van der Waals surface area contributed by atoms with Crippen molar-refractivity contribution in [2.75, 3.05) is 27.4 Å². The summed E-state index contributed by atoms with van der Waals surface area (Å²) in [7, 11) is 3.08. The highest BCUT2D eigenvalue weighted by atomic mass is 16.5. The number of aliphatic imine (C=N–C) groups is 1. The van der Waals surface area contributed by atoms with Gasteiger partial charge in [0.1, 0.15) is 18.7 Å². The molecule has 3 aromatic rings. The smallest absolute Gasteiger partial charge is 0.204 e. The number of Topliss-reactive ketones (excluding diaryl/α,β-unsaturated/α-hetero) is 1. The number of methoxy groups -OCH3 is 2. The molecule has 0 saturated heterocycles. The van der Waals surface area contributed by atoms with Crippen LogP contribution in [0.4, 0.5) is 5.82 Å². The number of rotatable bonds is 8. The van der Waals surface area contributed by atoms with E-state index in [9.17, 15) is 9.59 Å². The van der Waals surface area contributed by atoms with Gasteiger partial charge in [0.05, 0.1) is 43.0 Å². The zero-order valence-corrected chi connectivity index (χ0v) is 19.0. The molecule has 1 aromatic heterocycles. The van der Waals surface area contributed by atoms with E-state index in [1.54, 1.807) is 37.4 Å². The fourth-order valence-electron chi connectivity index (χ4n) is 3.32. The van der Waals surface area contributed by atoms with E-state index in [0.29, 0.717) is 41.2 Å². The number of nitrogens with zero attached hydrogens (tertiary/aromatic N) is 4. The van der Waals surface area contributed by atoms with Crippen LogP contribution in [-0.4, -0.2) is 54.7 Å². The number of nitriles is 1. The van der Waals surface area contributed by atoms with Crippen LogP contribution < -0.4 is 14.2 Å². The summed E-state index contributed by atoms with van der Waals surface area (Å²) in [5.41, 5.74) is 0.921. The second-order valence-electron chi connectivity index (χ2n) is 7.33. The van der Waals surface area contributed by atoms with Gasteiger partial charge in [-0.05, 0) is 24.3 Å². The van der Waals surface area contributed by atoms with Crippen molar-refractivity contribution in [2.45, 2.75) is 6.42 Å². The summed E-state index contributed by atoms with van der Waals surface area (Å²) < 4.78 is 21.7. The Morgan fingerprint density at radius 3 is 2.71 bits per heavy atom. The van der Waals surface area contributed by atoms with Gasteiger partial charge in [-0.2, -0.15) is 5.26 Å². The lowest BCUT2D eigenvalue weighted by Crippen LogP contribution is -2.26. The Balaban J connectivity index is 1.63. The Hall–Kier alpha value is -4.62. The van der Waals surface area contributed by atoms with Crippen LogP contribution in [0.25, 0.3) is 10.9 Å². The molecule has 0 saturated carbocycles. The van der Waals surface area contributed by atoms with E-state index < -0.39 is 11.6 Å². The number of allylic oxidation sites excluding steroid dienone is 2. The van der Waals surface area contributed by atoms with Gasteiger partial charge < -0.3 is 18.9 Å². The Morgan fingerprint density at radius 2 is 1.94 bits per heavy atom. The van der Waals surface area contributed by atoms with Crippen molar-refractivity contribution in [3.63, 3.8) is 0 Å². The number of ketones is 2. The Morgan fingerprint density at radius 1 is 1.09 bits per heavy atom. The Bertz CT molecular complexity index is 1410. The van der Waals surface area contributed by atoms with Crippen LogP contribution >= 0.6 is 0 Å². The predicted octanol–water partition coefficient (Wildman–Crippen LogP) is 3.11. The summed E-state index contributed by atoms with van der Waals surface area (Å²) >= 11 is 0. The summed E-state index contributed by atoms with van der Waals surface area (Å²) in [6, 6.07) is 11.6. The maximum atomic E-state index is 12.7. The molecule has 0 unspecified atom stereocenters. The van der Waals surface area contributed by atoms with Crippen LogP contribution in [0.1, 0.15) is 12.0 Å². The molecule has 2 aromatic carbocycles. The monoisotopic (exact) mass is 472 g/mol. The molecule has 0 fully saturated rings. The van der Waals surface area contributed by atoms with Crippen LogP contribution in [0.15, 0.2) is 59.6 Å². The average Bonchev–Trinajstić information content (AvgIpc) is 2.87. The molecule has 10 heteroatoms. The van der Waals surface area contributed by atoms with Crippen molar-refractivity contribution >= 4 is 34.0 Å². The molecule has 0 N–H and O–H groups in total. The Labute approximate surface area is 200 Å². The first-order chi connectivity index (χ1) is 17.0. The number of hydrogen-bond acceptors (Lipinski definition) is 10. The number of hydrogen-bond donors (Lipinski definition) is 0. The number of benzene rings is 2. The molecular formula is C25H20N4O6. The molecule has 10 nitrogen and oxygen atoms in total. The van der Waals surface area contributed by atoms with Gasteiger partial charge in [0.25, 0.3) is 0 Å². The number of aromatic nitrogens is 2. The third-order valence-corrected chi connectivity index (χ3v) is 5.03. The third-order valence-electron chi connectivity index (χ3n) is 5.03. The van der Waals surface area contributed by atoms with Crippen LogP contribution in [0.3, 0.4) is 0 Å². The molecule has 0 radical (unpaired) electrons. The summed E-state index contributed by atoms with van der Waals surface area (Å²) in [4.78, 5) is 38.2. The highest BCUT2D eigenvalue weighted by molar-refractivity contribution is 6.50. The van der Waals surface area contributed by atoms with Crippen LogP contribution in [0, 0.1) is 11.3 Å². The Kier molecular flexibility index (Phi) is 7.09. The van der Waals surface area contributed by atoms with Crippen molar-refractivity contribution in [3.05, 3.63) is 60.1 Å². The molecule has 0 amide bonds. The predicted molar refractivity (Wildman–Crippen MR) is 125 cm³/mol. The third kappa shape index (κ3) is 5.31. The fraction of sp³-hybridized carbons (Fsp3) is 0.200. The second kappa shape index (κ2) is 10.5. The number of ether oxygens (including phenoxy) is 4. The first-order valence-corrected chi connectivity index (χ1v) is 10.5. The molecular weight excluding hydrogens is 452 g/mol. The average molecular weight is 472 g/mol. The molecule has 0 atom stereocenters. The van der Waals surface area contributed by atoms with Crippen LogP contribution in [0.2, 0.25) is 0 Å². The molecule has 0 spiro atoms. The van der Waals surface area contributed by atoms with Gasteiger partial charge >= 0.3 is 0 Å². The number of carbonyl (C=O) groups excluding carboxylic acids is 2. The fourth-order valence-corrected chi connectivity index (χ4v) is 3.32. The molecule has 0 bridgehead atoms. The normalized spacial score (nSPS) is 14.5.